The van der Waals surface area contributed by atoms with E-state index in [1.165, 1.54) is 74.1 Å². The van der Waals surface area contributed by atoms with E-state index in [-0.39, 0.29) is 85.0 Å². The van der Waals surface area contributed by atoms with Crippen LogP contribution in [0.25, 0.3) is 44.7 Å². The Morgan fingerprint density at radius 2 is 1.08 bits per heavy atom. The smallest absolute Gasteiger partial charge is 0.352 e. The van der Waals surface area contributed by atoms with Crippen LogP contribution in [0.4, 0.5) is 10.3 Å². The van der Waals surface area contributed by atoms with Crippen LogP contribution in [-0.4, -0.2) is 176 Å². The molecule has 32 nitrogen and oxygen atoms in total. The average Bonchev–Trinajstić information content (AvgIpc) is 1.07. The Kier molecular flexibility index (Phi) is 21.2. The summed E-state index contributed by atoms with van der Waals surface area (Å²) in [5.74, 6) is -10.2. The average molecular weight is 1560 g/mol. The number of carboxylic acid groups (broad SMARTS) is 5. The molecule has 4 atom stereocenters. The van der Waals surface area contributed by atoms with Gasteiger partial charge < -0.3 is 77.7 Å². The number of nitrogens with zero attached hydrogens (tertiary/aromatic N) is 8. The Morgan fingerprint density at radius 3 is 1.54 bits per heavy atom. The molecule has 4 aliphatic rings. The van der Waals surface area contributed by atoms with Crippen molar-refractivity contribution in [2.24, 2.45) is 10.3 Å². The molecule has 4 unspecified atom stereocenters. The first-order valence-electron chi connectivity index (χ1n) is 32.6. The number of rotatable bonds is 23. The first-order valence-corrected chi connectivity index (χ1v) is 36.4. The van der Waals surface area contributed by atoms with Gasteiger partial charge in [-0.15, -0.1) is 46.2 Å². The zero-order valence-electron chi connectivity index (χ0n) is 57.5. The summed E-state index contributed by atoms with van der Waals surface area (Å²) in [6, 6.07) is 26.9. The lowest BCUT2D eigenvalue weighted by Crippen LogP contribution is -2.71. The number of aliphatic carboxylic acids is 4. The highest BCUT2D eigenvalue weighted by Gasteiger charge is 2.56. The van der Waals surface area contributed by atoms with Crippen molar-refractivity contribution in [3.05, 3.63) is 200 Å². The third-order valence-electron chi connectivity index (χ3n) is 17.6. The second kappa shape index (κ2) is 30.5. The lowest BCUT2D eigenvalue weighted by Gasteiger charge is -2.49. The lowest BCUT2D eigenvalue weighted by atomic mass is 10.00. The molecule has 0 aliphatic carbocycles. The van der Waals surface area contributed by atoms with Crippen molar-refractivity contribution in [3.63, 3.8) is 0 Å². The number of oxime groups is 2. The fraction of sp³-hybridized carbons (Fsp3) is 0.192. The SMILES string of the molecule is CC(C)(O/N=C(\C(=O)NC1C(=O)N2C(C(=O)O)=C(/C=C/c3ccc(C[n+]4c5ccccc5c(C(=O)O)c5c(O)cc(O)cc54)cc3)CSC12)c1csc(N)n1)C(=O)O.CC(C)(O/N=C(\C(=O)NC1C(=O)N2C(C(=O)O)=C(/C=C/c3ccc(C[n+]4ccc5ccc(O)c(O)c5c4)cc3)CSC12)c1csc(N)n1)C(=O)O. The maximum atomic E-state index is 13.4. The van der Waals surface area contributed by atoms with E-state index in [1.54, 1.807) is 77.5 Å². The Labute approximate surface area is 632 Å². The molecule has 4 amide bonds. The van der Waals surface area contributed by atoms with E-state index >= 15 is 0 Å². The number of hydrogen-bond acceptors (Lipinski definition) is 25. The Bertz CT molecular complexity index is 5520. The molecule has 2 saturated heterocycles. The van der Waals surface area contributed by atoms with E-state index in [9.17, 15) is 89.1 Å². The number of nitrogen functional groups attached to an aromatic ring is 2. The van der Waals surface area contributed by atoms with Crippen molar-refractivity contribution >= 4 is 166 Å². The number of nitrogens with two attached hydrogens (primary N) is 2. The normalized spacial score (nSPS) is 17.4. The van der Waals surface area contributed by atoms with Gasteiger partial charge in [0.15, 0.2) is 58.7 Å². The van der Waals surface area contributed by atoms with E-state index in [0.717, 1.165) is 60.6 Å². The fourth-order valence-corrected chi connectivity index (χ4v) is 15.6. The third kappa shape index (κ3) is 15.6. The van der Waals surface area contributed by atoms with Gasteiger partial charge in [-0.25, -0.2) is 33.9 Å². The van der Waals surface area contributed by atoms with Crippen LogP contribution < -0.4 is 31.2 Å². The van der Waals surface area contributed by atoms with E-state index in [4.69, 9.17) is 21.1 Å². The summed E-state index contributed by atoms with van der Waals surface area (Å²) in [5.41, 5.74) is 11.4. The zero-order chi connectivity index (χ0) is 78.2. The molecule has 0 bridgehead atoms. The van der Waals surface area contributed by atoms with E-state index in [2.05, 4.69) is 30.9 Å². The molecule has 2 fully saturated rings. The van der Waals surface area contributed by atoms with Gasteiger partial charge in [-0.05, 0) is 73.6 Å². The second-order valence-electron chi connectivity index (χ2n) is 25.8. The highest BCUT2D eigenvalue weighted by atomic mass is 32.2. The molecule has 8 heterocycles. The van der Waals surface area contributed by atoms with Crippen molar-refractivity contribution in [3.8, 4) is 23.0 Å². The van der Waals surface area contributed by atoms with Gasteiger partial charge in [0, 0.05) is 51.6 Å². The molecule has 5 aromatic carbocycles. The molecule has 0 radical (unpaired) electrons. The van der Waals surface area contributed by atoms with E-state index in [0.29, 0.717) is 45.1 Å². The van der Waals surface area contributed by atoms with Crippen molar-refractivity contribution in [1.82, 2.24) is 30.4 Å². The number of pyridine rings is 2. The molecule has 0 spiro atoms. The minimum atomic E-state index is -1.80. The van der Waals surface area contributed by atoms with Crippen LogP contribution in [0.15, 0.2) is 171 Å². The standard InChI is InChI=1S/C39H32N6O11S2.C34H30N6O9S2/c1-39(2,37(54)55)56-43-29(23-17-58-38(40)41-23)32(48)42-30-33(49)45-31(36(52)53)20(16-57-34(30)45)12-11-18-7-9-19(10-8-18)15-44-24-6-4-3-5-22(24)27(35(50)51)28-25(44)13-21(46)14-26(28)47;1-34(2,32(47)48)49-38-24(22-16-51-33(35)36-22)28(43)37-25-29(44)40-26(31(45)46)20(15-50-30(25)40)8-7-17-3-5-18(6-4-17)13-39-12-11-19-9-10-23(41)27(42)21(19)14-39/h3-14,17,30,34H,15-16H2,1-2H3,(H7,40,41,42,46,47,48,50,51,52,53,54,55);3-12,14,16,25,30H,13,15H2,1-2H3,(H6,35,36,37,41,43,45,46,47,48)/p+2/b12-11+,43-29-;8-7+,38-24-. The molecule has 4 aliphatic heterocycles. The van der Waals surface area contributed by atoms with Gasteiger partial charge in [-0.2, -0.15) is 9.13 Å². The highest BCUT2D eigenvalue weighted by Crippen LogP contribution is 2.43. The van der Waals surface area contributed by atoms with Gasteiger partial charge in [0.25, 0.3) is 23.6 Å². The molecule has 9 aromatic rings. The number of para-hydroxylation sites is 1. The number of β-lactam (4-membered cyclic amide) rings is 2. The first-order chi connectivity index (χ1) is 51.8. The third-order valence-corrected chi connectivity index (χ3v) is 21.5. The highest BCUT2D eigenvalue weighted by molar-refractivity contribution is 8.00. The number of allylic oxidation sites excluding steroid dienone is 2. The monoisotopic (exact) mass is 1560 g/mol. The largest absolute Gasteiger partial charge is 0.508 e. The fourth-order valence-electron chi connectivity index (χ4n) is 11.8. The van der Waals surface area contributed by atoms with Crippen molar-refractivity contribution in [2.75, 3.05) is 23.0 Å². The zero-order valence-corrected chi connectivity index (χ0v) is 60.7. The Morgan fingerprint density at radius 1 is 0.596 bits per heavy atom. The number of thiazole rings is 2. The number of carbonyl (C=O) groups excluding carboxylic acids is 4. The number of fused-ring (bicyclic) bond motifs is 5. The molecule has 15 N–H and O–H groups in total. The maximum Gasteiger partial charge on any atom is 0.352 e. The molecule has 4 aromatic heterocycles. The van der Waals surface area contributed by atoms with Gasteiger partial charge in [-0.3, -0.25) is 29.0 Å². The van der Waals surface area contributed by atoms with Crippen molar-refractivity contribution in [2.45, 2.75) is 74.8 Å². The number of benzene rings is 5. The second-order valence-corrected chi connectivity index (χ2v) is 29.8. The van der Waals surface area contributed by atoms with E-state index < -0.39 is 98.9 Å². The molecule has 13 rings (SSSR count). The van der Waals surface area contributed by atoms with Crippen LogP contribution in [0.3, 0.4) is 0 Å². The number of thioether (sulfide) groups is 2. The van der Waals surface area contributed by atoms with Crippen LogP contribution in [-0.2, 0) is 61.1 Å². The summed E-state index contributed by atoms with van der Waals surface area (Å²) in [7, 11) is 0. The minimum absolute atomic E-state index is 0.0107. The maximum absolute atomic E-state index is 13.4. The predicted octanol–water partition coefficient (Wildman–Crippen LogP) is 6.17. The van der Waals surface area contributed by atoms with Crippen LogP contribution in [0.2, 0.25) is 0 Å². The summed E-state index contributed by atoms with van der Waals surface area (Å²) >= 11 is 4.52. The number of amides is 4. The van der Waals surface area contributed by atoms with E-state index in [1.807, 2.05) is 53.2 Å². The van der Waals surface area contributed by atoms with Gasteiger partial charge in [0.1, 0.15) is 62.5 Å². The summed E-state index contributed by atoms with van der Waals surface area (Å²) in [6.45, 7) is 5.67. The summed E-state index contributed by atoms with van der Waals surface area (Å²) in [5, 5.41) is 106. The number of phenols is 4. The minimum Gasteiger partial charge on any atom is -0.508 e. The molecule has 558 valence electrons. The number of aromatic hydroxyl groups is 4. The van der Waals surface area contributed by atoms with Crippen LogP contribution in [0.1, 0.15) is 71.7 Å². The molecule has 0 saturated carbocycles. The van der Waals surface area contributed by atoms with Gasteiger partial charge in [0.05, 0.1) is 22.4 Å². The number of phenolic OH excluding ortho intramolecular Hbond substituents is 4. The van der Waals surface area contributed by atoms with Crippen LogP contribution in [0.5, 0.6) is 23.0 Å². The first kappa shape index (κ1) is 75.7. The number of hydrogen-bond donors (Lipinski definition) is 13. The van der Waals surface area contributed by atoms with Crippen LogP contribution >= 0.6 is 46.2 Å². The Hall–Kier alpha value is -12.9. The van der Waals surface area contributed by atoms with Gasteiger partial charge in [-0.1, -0.05) is 95.3 Å². The molecular formula is C73H64N12O20S4+2. The summed E-state index contributed by atoms with van der Waals surface area (Å²) in [6.07, 6.45) is 10.3. The number of carbonyl (C=O) groups is 9. The number of aromatic nitrogens is 4. The molecular weight excluding hydrogens is 1490 g/mol. The van der Waals surface area contributed by atoms with Gasteiger partial charge in [0.2, 0.25) is 22.2 Å². The van der Waals surface area contributed by atoms with Gasteiger partial charge >= 0.3 is 29.8 Å². The number of carboxylic acids is 5. The molecule has 36 heteroatoms. The molecule has 109 heavy (non-hydrogen) atoms. The van der Waals surface area contributed by atoms with Crippen molar-refractivity contribution < 1.29 is 108 Å². The number of anilines is 2. The number of aromatic carboxylic acids is 1. The van der Waals surface area contributed by atoms with Crippen LogP contribution in [0, 0.1) is 0 Å². The lowest BCUT2D eigenvalue weighted by molar-refractivity contribution is -0.687. The Balaban J connectivity index is 0.000000205. The van der Waals surface area contributed by atoms with Crippen molar-refractivity contribution in [1.29, 1.82) is 0 Å². The predicted molar refractivity (Wildman–Crippen MR) is 400 cm³/mol. The quantitative estimate of drug-likeness (QED) is 0.00849. The summed E-state index contributed by atoms with van der Waals surface area (Å²) < 4.78 is 3.68. The topological polar surface area (TPSA) is 495 Å². The number of nitrogens with one attached hydrogen (secondary N) is 2. The summed E-state index contributed by atoms with van der Waals surface area (Å²) in [4.78, 5) is 134.